The number of nitrogens with zero attached hydrogens (tertiary/aromatic N) is 1. The van der Waals surface area contributed by atoms with Gasteiger partial charge in [-0.05, 0) is 25.5 Å². The number of Topliss-reactive ketones (excluding diaryl/α,β-unsaturated/α-hetero) is 1. The summed E-state index contributed by atoms with van der Waals surface area (Å²) >= 11 is 0. The van der Waals surface area contributed by atoms with Gasteiger partial charge in [-0.15, -0.1) is 0 Å². The SMILES string of the molecule is CCOC(=O)C(CC)N1C(=O)C(=O)c2cccc(F)c21. The van der Waals surface area contributed by atoms with Gasteiger partial charge in [-0.25, -0.2) is 9.18 Å². The molecule has 1 atom stereocenters. The standard InChI is InChI=1S/C14H14FNO4/c1-3-10(14(19)20-4-2)16-11-8(12(17)13(16)18)6-5-7-9(11)15/h5-7,10H,3-4H2,1-2H3. The van der Waals surface area contributed by atoms with Gasteiger partial charge in [0.2, 0.25) is 0 Å². The van der Waals surface area contributed by atoms with Crippen molar-refractivity contribution in [3.05, 3.63) is 29.6 Å². The van der Waals surface area contributed by atoms with Crippen LogP contribution in [0.25, 0.3) is 0 Å². The van der Waals surface area contributed by atoms with E-state index >= 15 is 0 Å². The van der Waals surface area contributed by atoms with Gasteiger partial charge in [0.1, 0.15) is 11.9 Å². The van der Waals surface area contributed by atoms with E-state index in [2.05, 4.69) is 0 Å². The number of ether oxygens (including phenoxy) is 1. The van der Waals surface area contributed by atoms with Gasteiger partial charge in [0.25, 0.3) is 11.7 Å². The fourth-order valence-electron chi connectivity index (χ4n) is 2.26. The monoisotopic (exact) mass is 279 g/mol. The van der Waals surface area contributed by atoms with Gasteiger partial charge in [0.05, 0.1) is 17.9 Å². The van der Waals surface area contributed by atoms with Crippen molar-refractivity contribution in [2.45, 2.75) is 26.3 Å². The van der Waals surface area contributed by atoms with E-state index in [-0.39, 0.29) is 24.3 Å². The number of amides is 1. The molecular weight excluding hydrogens is 265 g/mol. The number of carbonyl (C=O) groups is 3. The van der Waals surface area contributed by atoms with Gasteiger partial charge in [0.15, 0.2) is 0 Å². The second kappa shape index (κ2) is 5.40. The van der Waals surface area contributed by atoms with E-state index < -0.39 is 29.5 Å². The molecule has 20 heavy (non-hydrogen) atoms. The first-order valence-electron chi connectivity index (χ1n) is 6.35. The topological polar surface area (TPSA) is 63.7 Å². The summed E-state index contributed by atoms with van der Waals surface area (Å²) in [6.45, 7) is 3.45. The maximum Gasteiger partial charge on any atom is 0.329 e. The van der Waals surface area contributed by atoms with Crippen LogP contribution in [0.2, 0.25) is 0 Å². The normalized spacial score (nSPS) is 15.2. The molecule has 1 aromatic carbocycles. The molecule has 6 heteroatoms. The van der Waals surface area contributed by atoms with Crippen LogP contribution in [0.3, 0.4) is 0 Å². The Kier molecular flexibility index (Phi) is 3.83. The average molecular weight is 279 g/mol. The molecule has 0 aromatic heterocycles. The van der Waals surface area contributed by atoms with Gasteiger partial charge >= 0.3 is 5.97 Å². The van der Waals surface area contributed by atoms with Crippen LogP contribution in [0.4, 0.5) is 10.1 Å². The van der Waals surface area contributed by atoms with Gasteiger partial charge in [-0.1, -0.05) is 13.0 Å². The van der Waals surface area contributed by atoms with E-state index in [9.17, 15) is 18.8 Å². The van der Waals surface area contributed by atoms with E-state index in [1.165, 1.54) is 12.1 Å². The molecule has 1 aromatic rings. The van der Waals surface area contributed by atoms with Crippen molar-refractivity contribution >= 4 is 23.3 Å². The summed E-state index contributed by atoms with van der Waals surface area (Å²) in [5.41, 5.74) is -0.153. The van der Waals surface area contributed by atoms with Crippen molar-refractivity contribution in [3.8, 4) is 0 Å². The van der Waals surface area contributed by atoms with Crippen molar-refractivity contribution < 1.29 is 23.5 Å². The van der Waals surface area contributed by atoms with Crippen LogP contribution in [0.1, 0.15) is 30.6 Å². The third-order valence-corrected chi connectivity index (χ3v) is 3.14. The molecule has 1 amide bonds. The molecule has 2 rings (SSSR count). The first kappa shape index (κ1) is 14.2. The summed E-state index contributed by atoms with van der Waals surface area (Å²) in [4.78, 5) is 36.7. The number of halogens is 1. The predicted octanol–water partition coefficient (Wildman–Crippen LogP) is 1.70. The number of benzene rings is 1. The quantitative estimate of drug-likeness (QED) is 0.621. The highest BCUT2D eigenvalue weighted by atomic mass is 19.1. The maximum absolute atomic E-state index is 13.9. The maximum atomic E-state index is 13.9. The number of esters is 1. The molecule has 0 saturated carbocycles. The lowest BCUT2D eigenvalue weighted by molar-refractivity contribution is -0.145. The number of anilines is 1. The van der Waals surface area contributed by atoms with Crippen LogP contribution in [-0.2, 0) is 14.3 Å². The van der Waals surface area contributed by atoms with Crippen LogP contribution in [0, 0.1) is 5.82 Å². The average Bonchev–Trinajstić information content (AvgIpc) is 2.67. The summed E-state index contributed by atoms with van der Waals surface area (Å²) < 4.78 is 18.8. The molecule has 106 valence electrons. The number of hydrogen-bond donors (Lipinski definition) is 0. The van der Waals surface area contributed by atoms with E-state index in [4.69, 9.17) is 4.74 Å². The van der Waals surface area contributed by atoms with Crippen LogP contribution in [0.5, 0.6) is 0 Å². The van der Waals surface area contributed by atoms with Gasteiger partial charge in [-0.2, -0.15) is 0 Å². The Labute approximate surface area is 115 Å². The van der Waals surface area contributed by atoms with Crippen LogP contribution < -0.4 is 4.90 Å². The van der Waals surface area contributed by atoms with E-state index in [0.717, 1.165) is 11.0 Å². The lowest BCUT2D eigenvalue weighted by atomic mass is 10.1. The highest BCUT2D eigenvalue weighted by molar-refractivity contribution is 6.52. The van der Waals surface area contributed by atoms with E-state index in [1.807, 2.05) is 0 Å². The van der Waals surface area contributed by atoms with Crippen LogP contribution >= 0.6 is 0 Å². The number of carbonyl (C=O) groups excluding carboxylic acids is 3. The Morgan fingerprint density at radius 1 is 1.35 bits per heavy atom. The minimum absolute atomic E-state index is 0.0160. The summed E-state index contributed by atoms with van der Waals surface area (Å²) in [7, 11) is 0. The molecule has 1 heterocycles. The lowest BCUT2D eigenvalue weighted by Crippen LogP contribution is -2.45. The molecule has 0 fully saturated rings. The van der Waals surface area contributed by atoms with E-state index in [0.29, 0.717) is 0 Å². The third kappa shape index (κ3) is 2.07. The van der Waals surface area contributed by atoms with E-state index in [1.54, 1.807) is 13.8 Å². The zero-order chi connectivity index (χ0) is 14.9. The molecule has 1 aliphatic rings. The van der Waals surface area contributed by atoms with Gasteiger partial charge < -0.3 is 4.74 Å². The largest absolute Gasteiger partial charge is 0.464 e. The number of para-hydroxylation sites is 1. The molecule has 0 spiro atoms. The molecule has 5 nitrogen and oxygen atoms in total. The Bertz CT molecular complexity index is 585. The fourth-order valence-corrected chi connectivity index (χ4v) is 2.26. The molecular formula is C14H14FNO4. The number of rotatable bonds is 4. The minimum Gasteiger partial charge on any atom is -0.464 e. The number of hydrogen-bond acceptors (Lipinski definition) is 4. The first-order chi connectivity index (χ1) is 9.52. The summed E-state index contributed by atoms with van der Waals surface area (Å²) in [5, 5.41) is 0. The zero-order valence-electron chi connectivity index (χ0n) is 11.2. The first-order valence-corrected chi connectivity index (χ1v) is 6.35. The molecule has 1 unspecified atom stereocenters. The molecule has 0 N–H and O–H groups in total. The summed E-state index contributed by atoms with van der Waals surface area (Å²) in [5.74, 6) is -3.05. The lowest BCUT2D eigenvalue weighted by Gasteiger charge is -2.25. The second-order valence-electron chi connectivity index (χ2n) is 4.32. The van der Waals surface area contributed by atoms with Crippen LogP contribution in [0.15, 0.2) is 18.2 Å². The number of fused-ring (bicyclic) bond motifs is 1. The molecule has 0 aliphatic carbocycles. The zero-order valence-corrected chi connectivity index (χ0v) is 11.2. The Hall–Kier alpha value is -2.24. The predicted molar refractivity (Wildman–Crippen MR) is 68.9 cm³/mol. The van der Waals surface area contributed by atoms with Crippen molar-refractivity contribution in [2.75, 3.05) is 11.5 Å². The fraction of sp³-hybridized carbons (Fsp3) is 0.357. The smallest absolute Gasteiger partial charge is 0.329 e. The van der Waals surface area contributed by atoms with Crippen molar-refractivity contribution in [1.29, 1.82) is 0 Å². The molecule has 0 radical (unpaired) electrons. The van der Waals surface area contributed by atoms with Gasteiger partial charge in [0, 0.05) is 0 Å². The highest BCUT2D eigenvalue weighted by Gasteiger charge is 2.44. The third-order valence-electron chi connectivity index (χ3n) is 3.14. The summed E-state index contributed by atoms with van der Waals surface area (Å²) in [6.07, 6.45) is 0.228. The minimum atomic E-state index is -0.996. The van der Waals surface area contributed by atoms with Crippen molar-refractivity contribution in [1.82, 2.24) is 0 Å². The van der Waals surface area contributed by atoms with Crippen LogP contribution in [-0.4, -0.2) is 30.3 Å². The Balaban J connectivity index is 2.50. The molecule has 0 saturated heterocycles. The summed E-state index contributed by atoms with van der Waals surface area (Å²) in [6, 6.07) is 2.88. The Morgan fingerprint density at radius 2 is 2.05 bits per heavy atom. The second-order valence-corrected chi connectivity index (χ2v) is 4.32. The Morgan fingerprint density at radius 3 is 2.65 bits per heavy atom. The molecule has 1 aliphatic heterocycles. The number of ketones is 1. The highest BCUT2D eigenvalue weighted by Crippen LogP contribution is 2.34. The van der Waals surface area contributed by atoms with Gasteiger partial charge in [-0.3, -0.25) is 14.5 Å². The molecule has 0 bridgehead atoms. The van der Waals surface area contributed by atoms with Crippen molar-refractivity contribution in [2.24, 2.45) is 0 Å². The van der Waals surface area contributed by atoms with Crippen molar-refractivity contribution in [3.63, 3.8) is 0 Å².